The normalized spacial score (nSPS) is 25.1. The molecular weight excluding hydrogens is 690 g/mol. The Morgan fingerprint density at radius 1 is 1.04 bits per heavy atom. The van der Waals surface area contributed by atoms with Gasteiger partial charge in [0.05, 0.1) is 4.92 Å². The quantitative estimate of drug-likeness (QED) is 0.101. The van der Waals surface area contributed by atoms with Crippen LogP contribution in [0.1, 0.15) is 71.3 Å². The van der Waals surface area contributed by atoms with Crippen LogP contribution in [0.25, 0.3) is 0 Å². The summed E-state index contributed by atoms with van der Waals surface area (Å²) in [7, 11) is 1.43. The molecule has 0 aliphatic carbocycles. The summed E-state index contributed by atoms with van der Waals surface area (Å²) in [4.78, 5) is 110. The van der Waals surface area contributed by atoms with E-state index in [2.05, 4.69) is 16.0 Å². The van der Waals surface area contributed by atoms with Crippen molar-refractivity contribution in [1.29, 1.82) is 0 Å². The number of hydrogen-bond donors (Lipinski definition) is 3. The van der Waals surface area contributed by atoms with Crippen molar-refractivity contribution in [3.05, 3.63) is 52.1 Å². The highest BCUT2D eigenvalue weighted by atomic mass is 16.6. The Bertz CT molecular complexity index is 1620. The Morgan fingerprint density at radius 3 is 2.40 bits per heavy atom. The number of ether oxygens (including phenoxy) is 1. The van der Waals surface area contributed by atoms with Gasteiger partial charge in [-0.3, -0.25) is 38.9 Å². The van der Waals surface area contributed by atoms with Gasteiger partial charge in [-0.15, -0.1) is 0 Å². The zero-order valence-corrected chi connectivity index (χ0v) is 30.6. The summed E-state index contributed by atoms with van der Waals surface area (Å²) in [6, 6.07) is -1.28. The van der Waals surface area contributed by atoms with Gasteiger partial charge in [-0.1, -0.05) is 38.0 Å². The number of allylic oxidation sites excluding steroid dienone is 1. The highest BCUT2D eigenvalue weighted by Gasteiger charge is 2.43. The van der Waals surface area contributed by atoms with Gasteiger partial charge in [0.25, 0.3) is 5.69 Å². The van der Waals surface area contributed by atoms with Gasteiger partial charge in [0.15, 0.2) is 0 Å². The van der Waals surface area contributed by atoms with E-state index in [1.807, 2.05) is 6.92 Å². The van der Waals surface area contributed by atoms with Crippen molar-refractivity contribution in [2.24, 2.45) is 0 Å². The van der Waals surface area contributed by atoms with Crippen molar-refractivity contribution in [3.63, 3.8) is 0 Å². The molecule has 53 heavy (non-hydrogen) atoms. The van der Waals surface area contributed by atoms with Crippen LogP contribution in [-0.4, -0.2) is 124 Å². The number of non-ortho nitro benzene ring substituents is 1. The molecule has 17 nitrogen and oxygen atoms in total. The van der Waals surface area contributed by atoms with Gasteiger partial charge in [0, 0.05) is 38.7 Å². The molecule has 0 spiro atoms. The van der Waals surface area contributed by atoms with E-state index in [-0.39, 0.29) is 38.0 Å². The Hall–Kier alpha value is -5.35. The first-order valence-electron chi connectivity index (χ1n) is 18.1. The van der Waals surface area contributed by atoms with Crippen molar-refractivity contribution in [3.8, 4) is 0 Å². The smallest absolute Gasteiger partial charge is 0.328 e. The van der Waals surface area contributed by atoms with E-state index >= 15 is 0 Å². The Kier molecular flexibility index (Phi) is 14.0. The van der Waals surface area contributed by atoms with Crippen LogP contribution in [0.3, 0.4) is 0 Å². The predicted molar refractivity (Wildman–Crippen MR) is 190 cm³/mol. The number of nitrogens with one attached hydrogen (secondary N) is 3. The molecule has 4 rings (SSSR count). The van der Waals surface area contributed by atoms with Crippen LogP contribution in [-0.2, 0) is 44.7 Å². The number of likely N-dealkylation sites (N-methyl/N-ethyl adjacent to an activating group) is 1. The minimum absolute atomic E-state index is 0.141. The average Bonchev–Trinajstić information content (AvgIpc) is 3.84. The minimum Gasteiger partial charge on any atom is -0.461 e. The molecule has 288 valence electrons. The second kappa shape index (κ2) is 18.4. The highest BCUT2D eigenvalue weighted by Crippen LogP contribution is 2.24. The van der Waals surface area contributed by atoms with Crippen molar-refractivity contribution in [2.75, 3.05) is 26.7 Å². The molecule has 0 unspecified atom stereocenters. The van der Waals surface area contributed by atoms with Crippen LogP contribution in [0.15, 0.2) is 36.4 Å². The number of nitro benzene ring substituents is 1. The number of benzene rings is 1. The third-order valence-corrected chi connectivity index (χ3v) is 9.86. The van der Waals surface area contributed by atoms with E-state index < -0.39 is 89.2 Å². The number of nitrogens with zero attached hydrogens (tertiary/aromatic N) is 4. The SMILES string of the molecule is CCCC/C=C/C(=O)N[C@@H](Cc1cccc([N+](=O)[O-])c1)C(=O)N[C@H]1COC(=O)[C@@H]2CCCN2C(=O)[C@H](C)NC(=O)[C@H](C)N(C)C(=O)[C@@H]2CCCN2C1=O. The predicted octanol–water partition coefficient (Wildman–Crippen LogP) is 0.744. The van der Waals surface area contributed by atoms with Crippen LogP contribution in [0.5, 0.6) is 0 Å². The average molecular weight is 740 g/mol. The fourth-order valence-corrected chi connectivity index (χ4v) is 6.69. The zero-order valence-electron chi connectivity index (χ0n) is 30.6. The molecule has 1 aromatic carbocycles. The Morgan fingerprint density at radius 2 is 1.72 bits per heavy atom. The van der Waals surface area contributed by atoms with Gasteiger partial charge < -0.3 is 35.4 Å². The number of fused-ring (bicyclic) bond motifs is 2. The largest absolute Gasteiger partial charge is 0.461 e. The molecule has 0 radical (unpaired) electrons. The second-order valence-corrected chi connectivity index (χ2v) is 13.7. The number of amides is 6. The van der Waals surface area contributed by atoms with Crippen molar-refractivity contribution >= 4 is 47.1 Å². The lowest BCUT2D eigenvalue weighted by Crippen LogP contribution is -2.60. The van der Waals surface area contributed by atoms with Crippen LogP contribution >= 0.6 is 0 Å². The number of unbranched alkanes of at least 4 members (excludes halogenated alkanes) is 2. The zero-order chi connectivity index (χ0) is 38.8. The lowest BCUT2D eigenvalue weighted by molar-refractivity contribution is -0.384. The molecule has 3 aliphatic heterocycles. The van der Waals surface area contributed by atoms with Gasteiger partial charge in [-0.05, 0) is 57.6 Å². The summed E-state index contributed by atoms with van der Waals surface area (Å²) in [6.07, 6.45) is 6.62. The van der Waals surface area contributed by atoms with Gasteiger partial charge in [-0.2, -0.15) is 0 Å². The summed E-state index contributed by atoms with van der Waals surface area (Å²) >= 11 is 0. The van der Waals surface area contributed by atoms with E-state index in [0.29, 0.717) is 24.8 Å². The highest BCUT2D eigenvalue weighted by molar-refractivity contribution is 5.98. The number of hydrogen-bond acceptors (Lipinski definition) is 10. The fourth-order valence-electron chi connectivity index (χ4n) is 6.69. The monoisotopic (exact) mass is 739 g/mol. The van der Waals surface area contributed by atoms with Gasteiger partial charge in [0.2, 0.25) is 35.4 Å². The first-order chi connectivity index (χ1) is 25.2. The summed E-state index contributed by atoms with van der Waals surface area (Å²) < 4.78 is 5.60. The second-order valence-electron chi connectivity index (χ2n) is 13.7. The molecule has 0 bridgehead atoms. The number of carbonyl (C=O) groups is 7. The van der Waals surface area contributed by atoms with Crippen LogP contribution in [0.4, 0.5) is 5.69 Å². The lowest BCUT2D eigenvalue weighted by Gasteiger charge is -2.34. The van der Waals surface area contributed by atoms with E-state index in [4.69, 9.17) is 4.74 Å². The molecule has 0 saturated carbocycles. The van der Waals surface area contributed by atoms with Gasteiger partial charge >= 0.3 is 5.97 Å². The van der Waals surface area contributed by atoms with Crippen molar-refractivity contribution in [2.45, 2.75) is 108 Å². The van der Waals surface area contributed by atoms with Crippen molar-refractivity contribution in [1.82, 2.24) is 30.7 Å². The molecule has 3 saturated heterocycles. The molecule has 3 heterocycles. The summed E-state index contributed by atoms with van der Waals surface area (Å²) in [6.45, 7) is 4.72. The third-order valence-electron chi connectivity index (χ3n) is 9.86. The van der Waals surface area contributed by atoms with E-state index in [1.54, 1.807) is 12.1 Å². The molecule has 3 aliphatic rings. The Labute approximate surface area is 307 Å². The first-order valence-corrected chi connectivity index (χ1v) is 18.1. The molecule has 6 amide bonds. The summed E-state index contributed by atoms with van der Waals surface area (Å²) in [5.74, 6) is -4.62. The number of nitro groups is 1. The first kappa shape index (κ1) is 40.4. The minimum atomic E-state index is -1.52. The number of cyclic esters (lactones) is 1. The van der Waals surface area contributed by atoms with Crippen LogP contribution in [0, 0.1) is 10.1 Å². The maximum atomic E-state index is 14.2. The topological polar surface area (TPSA) is 218 Å². The van der Waals surface area contributed by atoms with Gasteiger partial charge in [0.1, 0.15) is 42.9 Å². The summed E-state index contributed by atoms with van der Waals surface area (Å²) in [5, 5.41) is 19.3. The number of rotatable bonds is 10. The molecular formula is C36H49N7O10. The molecule has 6 atom stereocenters. The van der Waals surface area contributed by atoms with Crippen LogP contribution < -0.4 is 16.0 Å². The van der Waals surface area contributed by atoms with E-state index in [1.165, 1.54) is 59.9 Å². The van der Waals surface area contributed by atoms with Crippen LogP contribution in [0.2, 0.25) is 0 Å². The van der Waals surface area contributed by atoms with Crippen molar-refractivity contribution < 1.29 is 43.2 Å². The maximum Gasteiger partial charge on any atom is 0.328 e. The molecule has 1 aromatic rings. The summed E-state index contributed by atoms with van der Waals surface area (Å²) in [5.41, 5.74) is 0.138. The molecule has 17 heteroatoms. The fraction of sp³-hybridized carbons (Fsp3) is 0.583. The number of esters is 1. The number of carbonyl (C=O) groups excluding carboxylic acids is 7. The standard InChI is InChI=1S/C36H49N7O10/c1-5-6-7-8-16-30(44)38-26(20-24-12-9-13-25(19-24)43(51)52)32(46)39-27-21-53-36(50)29-15-11-18-42(29)33(47)22(2)37-31(45)23(3)40(4)35(49)28-14-10-17-41(28)34(27)48/h8-9,12-13,16,19,22-23,26-29H,5-7,10-11,14-15,17-18,20-21H2,1-4H3,(H,37,45)(H,38,44)(H,39,46)/b16-8+/t22-,23-,26-,27-,28-,29-/m0/s1. The molecule has 3 N–H and O–H groups in total. The lowest BCUT2D eigenvalue weighted by atomic mass is 10.0. The third kappa shape index (κ3) is 10.2. The van der Waals surface area contributed by atoms with E-state index in [0.717, 1.165) is 12.8 Å². The van der Waals surface area contributed by atoms with Gasteiger partial charge in [-0.25, -0.2) is 4.79 Å². The molecule has 3 fully saturated rings. The van der Waals surface area contributed by atoms with E-state index in [9.17, 15) is 43.7 Å². The Balaban J connectivity index is 1.66. The maximum absolute atomic E-state index is 14.2. The molecule has 0 aromatic heterocycles.